The van der Waals surface area contributed by atoms with Crippen LogP contribution in [-0.2, 0) is 18.9 Å². The van der Waals surface area contributed by atoms with Crippen molar-refractivity contribution in [2.75, 3.05) is 26.4 Å². The van der Waals surface area contributed by atoms with E-state index in [9.17, 15) is 46.0 Å². The Morgan fingerprint density at radius 1 is 0.844 bits per heavy atom. The number of ether oxygens (including phenoxy) is 4. The number of aliphatic hydroxyl groups excluding tert-OH is 9. The summed E-state index contributed by atoms with van der Waals surface area (Å²) in [6.07, 6.45) is -7.84. The molecule has 13 nitrogen and oxygen atoms in total. The topological polar surface area (TPSA) is 219 Å². The summed E-state index contributed by atoms with van der Waals surface area (Å²) in [5.74, 6) is 0.206. The highest BCUT2D eigenvalue weighted by Crippen LogP contribution is 2.62. The summed E-state index contributed by atoms with van der Waals surface area (Å²) in [6, 6.07) is 0. The highest BCUT2D eigenvalue weighted by Gasteiger charge is 2.58. The Morgan fingerprint density at radius 2 is 1.40 bits per heavy atom. The van der Waals surface area contributed by atoms with E-state index in [-0.39, 0.29) is 30.5 Å². The molecule has 260 valence electrons. The van der Waals surface area contributed by atoms with Crippen molar-refractivity contribution in [3.8, 4) is 0 Å². The van der Waals surface area contributed by atoms with Gasteiger partial charge in [0.1, 0.15) is 48.8 Å². The van der Waals surface area contributed by atoms with Crippen LogP contribution in [-0.4, -0.2) is 140 Å². The molecule has 15 unspecified atom stereocenters. The summed E-state index contributed by atoms with van der Waals surface area (Å²) < 4.78 is 22.6. The molecular formula is C32H54O13. The third-order valence-electron chi connectivity index (χ3n) is 11.1. The van der Waals surface area contributed by atoms with Crippen LogP contribution in [0.15, 0.2) is 23.8 Å². The second kappa shape index (κ2) is 15.0. The van der Waals surface area contributed by atoms with E-state index in [0.29, 0.717) is 6.42 Å². The fourth-order valence-corrected chi connectivity index (χ4v) is 8.15. The smallest absolute Gasteiger partial charge is 0.187 e. The standard InChI is InChI=1S/C32H54O13/c1-16(10-12-42-29-27(40)25(38)23(36)19(13-33)44-29)5-7-18-17(2)6-8-21-31(18,3)11-9-22(35)32(21,4)15-43-30-28(41)26(39)24(37)20(14-34)45-30/h10,18-30,33-41H,2,5-9,11-15H2,1,3-4H3. The molecule has 15 atom stereocenters. The van der Waals surface area contributed by atoms with Crippen LogP contribution in [0, 0.1) is 22.7 Å². The molecule has 0 spiro atoms. The molecule has 45 heavy (non-hydrogen) atoms. The molecule has 2 saturated carbocycles. The van der Waals surface area contributed by atoms with Gasteiger partial charge in [-0.05, 0) is 62.7 Å². The molecule has 4 fully saturated rings. The van der Waals surface area contributed by atoms with Crippen molar-refractivity contribution in [2.24, 2.45) is 22.7 Å². The van der Waals surface area contributed by atoms with Gasteiger partial charge in [0.25, 0.3) is 0 Å². The Hall–Kier alpha value is -1.04. The first-order chi connectivity index (χ1) is 21.2. The molecule has 2 aliphatic carbocycles. The predicted octanol–water partition coefficient (Wildman–Crippen LogP) is -0.904. The maximum Gasteiger partial charge on any atom is 0.187 e. The zero-order valence-corrected chi connectivity index (χ0v) is 26.5. The van der Waals surface area contributed by atoms with Gasteiger partial charge in [-0.25, -0.2) is 0 Å². The van der Waals surface area contributed by atoms with Crippen molar-refractivity contribution in [3.05, 3.63) is 23.8 Å². The molecule has 2 saturated heterocycles. The van der Waals surface area contributed by atoms with E-state index in [1.807, 2.05) is 19.9 Å². The number of rotatable bonds is 11. The Kier molecular flexibility index (Phi) is 12.3. The van der Waals surface area contributed by atoms with E-state index in [1.165, 1.54) is 0 Å². The van der Waals surface area contributed by atoms with E-state index >= 15 is 0 Å². The molecule has 9 N–H and O–H groups in total. The van der Waals surface area contributed by atoms with Crippen LogP contribution in [0.3, 0.4) is 0 Å². The second-order valence-electron chi connectivity index (χ2n) is 14.0. The quantitative estimate of drug-likeness (QED) is 0.124. The van der Waals surface area contributed by atoms with Gasteiger partial charge in [0.2, 0.25) is 0 Å². The van der Waals surface area contributed by atoms with Gasteiger partial charge in [0, 0.05) is 5.41 Å². The fraction of sp³-hybridized carbons (Fsp3) is 0.875. The lowest BCUT2D eigenvalue weighted by atomic mass is 9.46. The number of fused-ring (bicyclic) bond motifs is 1. The third kappa shape index (κ3) is 7.36. The fourth-order valence-electron chi connectivity index (χ4n) is 8.15. The molecular weight excluding hydrogens is 592 g/mol. The molecule has 13 heteroatoms. The van der Waals surface area contributed by atoms with Gasteiger partial charge in [-0.2, -0.15) is 0 Å². The van der Waals surface area contributed by atoms with Gasteiger partial charge in [-0.15, -0.1) is 0 Å². The number of aliphatic hydroxyl groups is 9. The van der Waals surface area contributed by atoms with Crippen LogP contribution in [0.4, 0.5) is 0 Å². The number of hydrogen-bond acceptors (Lipinski definition) is 13. The van der Waals surface area contributed by atoms with Crippen molar-refractivity contribution in [3.63, 3.8) is 0 Å². The van der Waals surface area contributed by atoms with E-state index in [4.69, 9.17) is 18.9 Å². The normalized spacial score (nSPS) is 47.9. The molecule has 0 aromatic heterocycles. The van der Waals surface area contributed by atoms with Gasteiger partial charge < -0.3 is 64.9 Å². The highest BCUT2D eigenvalue weighted by atomic mass is 16.7. The van der Waals surface area contributed by atoms with Crippen LogP contribution < -0.4 is 0 Å². The van der Waals surface area contributed by atoms with Gasteiger partial charge in [0.05, 0.1) is 32.5 Å². The summed E-state index contributed by atoms with van der Waals surface area (Å²) in [5.41, 5.74) is 1.31. The first-order valence-corrected chi connectivity index (χ1v) is 16.0. The molecule has 0 aromatic rings. The maximum atomic E-state index is 11.3. The van der Waals surface area contributed by atoms with Crippen LogP contribution in [0.2, 0.25) is 0 Å². The summed E-state index contributed by atoms with van der Waals surface area (Å²) in [4.78, 5) is 0. The molecule has 2 aliphatic heterocycles. The van der Waals surface area contributed by atoms with Gasteiger partial charge in [-0.3, -0.25) is 0 Å². The summed E-state index contributed by atoms with van der Waals surface area (Å²) >= 11 is 0. The maximum absolute atomic E-state index is 11.3. The Balaban J connectivity index is 1.39. The lowest BCUT2D eigenvalue weighted by Crippen LogP contribution is -2.61. The minimum Gasteiger partial charge on any atom is -0.394 e. The van der Waals surface area contributed by atoms with E-state index in [1.54, 1.807) is 0 Å². The third-order valence-corrected chi connectivity index (χ3v) is 11.1. The van der Waals surface area contributed by atoms with Gasteiger partial charge in [-0.1, -0.05) is 37.6 Å². The van der Waals surface area contributed by atoms with Crippen molar-refractivity contribution in [1.29, 1.82) is 0 Å². The Morgan fingerprint density at radius 3 is 1.96 bits per heavy atom. The van der Waals surface area contributed by atoms with E-state index < -0.39 is 86.1 Å². The highest BCUT2D eigenvalue weighted by molar-refractivity contribution is 5.18. The minimum absolute atomic E-state index is 0.0462. The summed E-state index contributed by atoms with van der Waals surface area (Å²) in [6.45, 7) is 9.69. The van der Waals surface area contributed by atoms with Crippen LogP contribution in [0.5, 0.6) is 0 Å². The SMILES string of the molecule is C=C1CCC2C(C)(COC3OC(CO)C(O)C(O)C3O)C(O)CCC2(C)C1CCC(C)=CCOC1OC(CO)C(O)C(O)C1O. The van der Waals surface area contributed by atoms with Gasteiger partial charge >= 0.3 is 0 Å². The first kappa shape index (κ1) is 36.8. The number of hydrogen-bond donors (Lipinski definition) is 9. The van der Waals surface area contributed by atoms with Gasteiger partial charge in [0.15, 0.2) is 12.6 Å². The van der Waals surface area contributed by atoms with E-state index in [0.717, 1.165) is 43.3 Å². The van der Waals surface area contributed by atoms with Crippen molar-refractivity contribution in [2.45, 2.75) is 127 Å². The zero-order valence-electron chi connectivity index (χ0n) is 26.5. The molecule has 4 aliphatic rings. The first-order valence-electron chi connectivity index (χ1n) is 16.0. The van der Waals surface area contributed by atoms with Crippen molar-refractivity contribution in [1.82, 2.24) is 0 Å². The summed E-state index contributed by atoms with van der Waals surface area (Å²) in [5, 5.41) is 91.2. The molecule has 0 bridgehead atoms. The van der Waals surface area contributed by atoms with Crippen molar-refractivity contribution < 1.29 is 64.9 Å². The predicted molar refractivity (Wildman–Crippen MR) is 159 cm³/mol. The molecule has 0 radical (unpaired) electrons. The number of allylic oxidation sites excluding steroid dienone is 2. The van der Waals surface area contributed by atoms with Crippen LogP contribution >= 0.6 is 0 Å². The average Bonchev–Trinajstić information content (AvgIpc) is 3.01. The molecule has 2 heterocycles. The molecule has 0 aromatic carbocycles. The zero-order chi connectivity index (χ0) is 33.3. The van der Waals surface area contributed by atoms with Crippen molar-refractivity contribution >= 4 is 0 Å². The largest absolute Gasteiger partial charge is 0.394 e. The summed E-state index contributed by atoms with van der Waals surface area (Å²) in [7, 11) is 0. The molecule has 4 rings (SSSR count). The minimum atomic E-state index is -1.54. The monoisotopic (exact) mass is 646 g/mol. The lowest BCUT2D eigenvalue weighted by Gasteiger charge is -2.60. The lowest BCUT2D eigenvalue weighted by molar-refractivity contribution is -0.313. The Bertz CT molecular complexity index is 1020. The average molecular weight is 647 g/mol. The molecule has 0 amide bonds. The van der Waals surface area contributed by atoms with Crippen LogP contribution in [0.25, 0.3) is 0 Å². The Labute approximate surface area is 264 Å². The second-order valence-corrected chi connectivity index (χ2v) is 14.0. The van der Waals surface area contributed by atoms with Crippen LogP contribution in [0.1, 0.15) is 59.3 Å². The van der Waals surface area contributed by atoms with E-state index in [2.05, 4.69) is 13.5 Å².